The molecule has 142 valence electrons. The highest BCUT2D eigenvalue weighted by Crippen LogP contribution is 2.23. The Bertz CT molecular complexity index is 656. The second-order valence-corrected chi connectivity index (χ2v) is 6.53. The summed E-state index contributed by atoms with van der Waals surface area (Å²) in [6, 6.07) is 5.81. The maximum atomic E-state index is 12.3. The summed E-state index contributed by atoms with van der Waals surface area (Å²) in [5.74, 6) is -1.00. The van der Waals surface area contributed by atoms with Crippen molar-refractivity contribution < 1.29 is 23.9 Å². The Morgan fingerprint density at radius 3 is 2.58 bits per heavy atom. The van der Waals surface area contributed by atoms with Gasteiger partial charge in [0, 0.05) is 25.6 Å². The summed E-state index contributed by atoms with van der Waals surface area (Å²) in [5, 5.41) is 2.60. The number of hydrogen-bond donors (Lipinski definition) is 1. The largest absolute Gasteiger partial charge is 0.453 e. The van der Waals surface area contributed by atoms with Crippen molar-refractivity contribution in [1.82, 2.24) is 5.32 Å². The number of carbonyl (C=O) groups excluding carboxylic acids is 3. The molecule has 6 nitrogen and oxygen atoms in total. The van der Waals surface area contributed by atoms with Crippen molar-refractivity contribution in [2.75, 3.05) is 20.3 Å². The van der Waals surface area contributed by atoms with Crippen molar-refractivity contribution in [2.45, 2.75) is 51.6 Å². The number of benzene rings is 1. The number of fused-ring (bicyclic) bond motifs is 1. The molecule has 6 heteroatoms. The molecular formula is C20H27NO5. The number of rotatable bonds is 9. The summed E-state index contributed by atoms with van der Waals surface area (Å²) in [6.45, 7) is 2.25. The van der Waals surface area contributed by atoms with Crippen LogP contribution in [-0.2, 0) is 31.9 Å². The lowest BCUT2D eigenvalue weighted by Gasteiger charge is -2.16. The summed E-state index contributed by atoms with van der Waals surface area (Å²) in [5.41, 5.74) is 3.20. The van der Waals surface area contributed by atoms with Gasteiger partial charge in [0.25, 0.3) is 5.91 Å². The van der Waals surface area contributed by atoms with Crippen LogP contribution in [0.4, 0.5) is 0 Å². The van der Waals surface area contributed by atoms with Crippen molar-refractivity contribution in [3.8, 4) is 0 Å². The molecule has 0 aliphatic heterocycles. The van der Waals surface area contributed by atoms with E-state index < -0.39 is 12.1 Å². The van der Waals surface area contributed by atoms with Crippen molar-refractivity contribution in [3.05, 3.63) is 34.9 Å². The van der Waals surface area contributed by atoms with Gasteiger partial charge in [-0.3, -0.25) is 14.4 Å². The summed E-state index contributed by atoms with van der Waals surface area (Å²) in [6.07, 6.45) is 3.58. The Morgan fingerprint density at radius 2 is 1.85 bits per heavy atom. The van der Waals surface area contributed by atoms with Gasteiger partial charge in [0.15, 0.2) is 11.9 Å². The number of carbonyl (C=O) groups is 3. The van der Waals surface area contributed by atoms with E-state index in [-0.39, 0.29) is 24.5 Å². The van der Waals surface area contributed by atoms with Gasteiger partial charge in [0.2, 0.25) is 0 Å². The highest BCUT2D eigenvalue weighted by atomic mass is 16.5. The highest BCUT2D eigenvalue weighted by molar-refractivity contribution is 5.98. The molecule has 0 fully saturated rings. The molecule has 1 aliphatic rings. The Kier molecular flexibility index (Phi) is 7.78. The van der Waals surface area contributed by atoms with E-state index in [1.807, 2.05) is 18.2 Å². The van der Waals surface area contributed by atoms with E-state index in [4.69, 9.17) is 9.47 Å². The van der Waals surface area contributed by atoms with E-state index >= 15 is 0 Å². The van der Waals surface area contributed by atoms with Gasteiger partial charge in [0.05, 0.1) is 13.0 Å². The van der Waals surface area contributed by atoms with Gasteiger partial charge in [0.1, 0.15) is 0 Å². The average molecular weight is 361 g/mol. The Hall–Kier alpha value is -2.21. The van der Waals surface area contributed by atoms with E-state index in [2.05, 4.69) is 5.32 Å². The molecule has 0 aromatic heterocycles. The molecule has 0 spiro atoms. The van der Waals surface area contributed by atoms with Crippen LogP contribution in [0.15, 0.2) is 18.2 Å². The first-order chi connectivity index (χ1) is 12.5. The Balaban J connectivity index is 1.78. The minimum absolute atomic E-state index is 0.0361. The van der Waals surface area contributed by atoms with Gasteiger partial charge in [-0.15, -0.1) is 0 Å². The molecule has 1 atom stereocenters. The predicted octanol–water partition coefficient (Wildman–Crippen LogP) is 2.22. The molecular weight excluding hydrogens is 334 g/mol. The van der Waals surface area contributed by atoms with Crippen LogP contribution in [0.5, 0.6) is 0 Å². The molecule has 1 aromatic carbocycles. The van der Waals surface area contributed by atoms with Gasteiger partial charge < -0.3 is 14.8 Å². The molecule has 0 heterocycles. The zero-order valence-corrected chi connectivity index (χ0v) is 15.5. The number of aryl methyl sites for hydroxylation is 2. The van der Waals surface area contributed by atoms with Crippen molar-refractivity contribution in [1.29, 1.82) is 0 Å². The first-order valence-electron chi connectivity index (χ1n) is 9.12. The number of ether oxygens (including phenoxy) is 2. The van der Waals surface area contributed by atoms with E-state index in [0.29, 0.717) is 18.7 Å². The summed E-state index contributed by atoms with van der Waals surface area (Å²) in [4.78, 5) is 35.9. The molecule has 0 bridgehead atoms. The third-order valence-corrected chi connectivity index (χ3v) is 4.51. The van der Waals surface area contributed by atoms with Gasteiger partial charge in [-0.2, -0.15) is 0 Å². The van der Waals surface area contributed by atoms with Crippen LogP contribution in [0.1, 0.15) is 54.1 Å². The maximum absolute atomic E-state index is 12.3. The molecule has 1 amide bonds. The highest BCUT2D eigenvalue weighted by Gasteiger charge is 2.19. The summed E-state index contributed by atoms with van der Waals surface area (Å²) in [7, 11) is 1.54. The Morgan fingerprint density at radius 1 is 1.12 bits per heavy atom. The van der Waals surface area contributed by atoms with Crippen LogP contribution in [0.25, 0.3) is 0 Å². The van der Waals surface area contributed by atoms with Gasteiger partial charge in [-0.05, 0) is 49.8 Å². The van der Waals surface area contributed by atoms with Gasteiger partial charge in [-0.1, -0.05) is 12.1 Å². The molecule has 1 N–H and O–H groups in total. The fourth-order valence-electron chi connectivity index (χ4n) is 3.00. The fraction of sp³-hybridized carbons (Fsp3) is 0.550. The second-order valence-electron chi connectivity index (χ2n) is 6.53. The van der Waals surface area contributed by atoms with Gasteiger partial charge >= 0.3 is 5.97 Å². The predicted molar refractivity (Wildman–Crippen MR) is 97.1 cm³/mol. The van der Waals surface area contributed by atoms with Crippen LogP contribution < -0.4 is 5.32 Å². The quantitative estimate of drug-likeness (QED) is 0.414. The number of nitrogens with one attached hydrogen (secondary N) is 1. The zero-order valence-electron chi connectivity index (χ0n) is 15.5. The van der Waals surface area contributed by atoms with Crippen LogP contribution in [0.3, 0.4) is 0 Å². The lowest BCUT2D eigenvalue weighted by Crippen LogP contribution is -2.37. The maximum Gasteiger partial charge on any atom is 0.307 e. The lowest BCUT2D eigenvalue weighted by molar-refractivity contribution is -0.154. The third-order valence-electron chi connectivity index (χ3n) is 4.51. The minimum atomic E-state index is -0.891. The Labute approximate surface area is 154 Å². The topological polar surface area (TPSA) is 81.7 Å². The van der Waals surface area contributed by atoms with Crippen molar-refractivity contribution in [3.63, 3.8) is 0 Å². The van der Waals surface area contributed by atoms with Crippen molar-refractivity contribution in [2.24, 2.45) is 0 Å². The number of Topliss-reactive ketones (excluding diaryl/α,β-unsaturated/α-hetero) is 1. The molecule has 1 aromatic rings. The van der Waals surface area contributed by atoms with Crippen molar-refractivity contribution >= 4 is 17.7 Å². The SMILES string of the molecule is COCCNC(=O)[C@@H](C)OC(=O)CCC(=O)c1ccc2c(c1)CCCC2. The molecule has 0 unspecified atom stereocenters. The van der Waals surface area contributed by atoms with Crippen LogP contribution in [0, 0.1) is 0 Å². The molecule has 1 aliphatic carbocycles. The monoisotopic (exact) mass is 361 g/mol. The lowest BCUT2D eigenvalue weighted by atomic mass is 9.89. The van der Waals surface area contributed by atoms with E-state index in [1.54, 1.807) is 0 Å². The van der Waals surface area contributed by atoms with Crippen LogP contribution >= 0.6 is 0 Å². The number of hydrogen-bond acceptors (Lipinski definition) is 5. The number of esters is 1. The average Bonchev–Trinajstić information content (AvgIpc) is 2.65. The molecule has 0 saturated carbocycles. The molecule has 0 radical (unpaired) electrons. The molecule has 2 rings (SSSR count). The zero-order chi connectivity index (χ0) is 18.9. The number of amides is 1. The standard InChI is InChI=1S/C20H27NO5/c1-14(20(24)21-11-12-25-2)26-19(23)10-9-18(22)17-8-7-15-5-3-4-6-16(15)13-17/h7-8,13-14H,3-6,9-12H2,1-2H3,(H,21,24)/t14-/m1/s1. The summed E-state index contributed by atoms with van der Waals surface area (Å²) < 4.78 is 9.91. The first kappa shape index (κ1) is 20.1. The smallest absolute Gasteiger partial charge is 0.307 e. The fourth-order valence-corrected chi connectivity index (χ4v) is 3.00. The molecule has 26 heavy (non-hydrogen) atoms. The van der Waals surface area contributed by atoms with Crippen LogP contribution in [-0.4, -0.2) is 44.0 Å². The van der Waals surface area contributed by atoms with E-state index in [0.717, 1.165) is 19.3 Å². The first-order valence-corrected chi connectivity index (χ1v) is 9.12. The van der Waals surface area contributed by atoms with Gasteiger partial charge in [-0.25, -0.2) is 0 Å². The normalized spacial score (nSPS) is 14.2. The third kappa shape index (κ3) is 5.95. The number of methoxy groups -OCH3 is 1. The van der Waals surface area contributed by atoms with Crippen LogP contribution in [0.2, 0.25) is 0 Å². The van der Waals surface area contributed by atoms with E-state index in [9.17, 15) is 14.4 Å². The minimum Gasteiger partial charge on any atom is -0.453 e. The second kappa shape index (κ2) is 10.1. The number of ketones is 1. The summed E-state index contributed by atoms with van der Waals surface area (Å²) >= 11 is 0. The molecule has 0 saturated heterocycles. The van der Waals surface area contributed by atoms with E-state index in [1.165, 1.54) is 31.6 Å².